The second-order valence-electron chi connectivity index (χ2n) is 5.97. The zero-order chi connectivity index (χ0) is 13.9. The number of piperazine rings is 1. The predicted octanol–water partition coefficient (Wildman–Crippen LogP) is 1.11. The quantitative estimate of drug-likeness (QED) is 0.894. The highest BCUT2D eigenvalue weighted by Crippen LogP contribution is 2.24. The van der Waals surface area contributed by atoms with Gasteiger partial charge < -0.3 is 10.2 Å². The highest BCUT2D eigenvalue weighted by Gasteiger charge is 2.28. The van der Waals surface area contributed by atoms with Crippen molar-refractivity contribution in [1.82, 2.24) is 20.1 Å². The molecule has 0 spiro atoms. The molecule has 5 nitrogen and oxygen atoms in total. The maximum Gasteiger partial charge on any atom is 0.185 e. The van der Waals surface area contributed by atoms with E-state index in [4.69, 9.17) is 0 Å². The molecule has 1 N–H and O–H groups in total. The zero-order valence-corrected chi connectivity index (χ0v) is 14.5. The molecule has 3 heterocycles. The van der Waals surface area contributed by atoms with Crippen molar-refractivity contribution in [2.24, 2.45) is 0 Å². The van der Waals surface area contributed by atoms with Crippen LogP contribution in [0.1, 0.15) is 11.3 Å². The summed E-state index contributed by atoms with van der Waals surface area (Å²) in [6.07, 6.45) is 3.36. The standard InChI is InChI=1S/C14H25N5S.ClH/c1-17(2)14-16-9-13(20-14)11-18-6-3-12(10-18)19-7-4-15-5-8-19;/h9,12,15H,3-8,10-11H2,1-2H3;1H. The molecular weight excluding hydrogens is 306 g/mol. The number of hydrogen-bond donors (Lipinski definition) is 1. The van der Waals surface area contributed by atoms with Crippen LogP contribution < -0.4 is 10.2 Å². The van der Waals surface area contributed by atoms with E-state index in [0.29, 0.717) is 0 Å². The molecule has 2 saturated heterocycles. The Labute approximate surface area is 137 Å². The first kappa shape index (κ1) is 17.0. The molecule has 1 atom stereocenters. The molecule has 0 saturated carbocycles. The number of nitrogens with one attached hydrogen (secondary N) is 1. The summed E-state index contributed by atoms with van der Waals surface area (Å²) in [6.45, 7) is 8.23. The minimum atomic E-state index is 0. The molecule has 21 heavy (non-hydrogen) atoms. The van der Waals surface area contributed by atoms with Gasteiger partial charge in [-0.3, -0.25) is 9.80 Å². The Balaban J connectivity index is 0.00000161. The van der Waals surface area contributed by atoms with Gasteiger partial charge in [-0.2, -0.15) is 0 Å². The summed E-state index contributed by atoms with van der Waals surface area (Å²) in [7, 11) is 4.11. The number of rotatable bonds is 4. The fraction of sp³-hybridized carbons (Fsp3) is 0.786. The number of likely N-dealkylation sites (tertiary alicyclic amines) is 1. The number of nitrogens with zero attached hydrogens (tertiary/aromatic N) is 4. The molecular formula is C14H26ClN5S. The van der Waals surface area contributed by atoms with Crippen molar-refractivity contribution >= 4 is 28.9 Å². The second kappa shape index (κ2) is 7.74. The molecule has 2 fully saturated rings. The van der Waals surface area contributed by atoms with Crippen LogP contribution in [-0.4, -0.2) is 74.2 Å². The Morgan fingerprint density at radius 3 is 2.76 bits per heavy atom. The van der Waals surface area contributed by atoms with Gasteiger partial charge in [-0.15, -0.1) is 23.7 Å². The molecule has 120 valence electrons. The van der Waals surface area contributed by atoms with E-state index in [0.717, 1.165) is 30.8 Å². The molecule has 0 aliphatic carbocycles. The Bertz CT molecular complexity index is 433. The fourth-order valence-corrected chi connectivity index (χ4v) is 3.97. The summed E-state index contributed by atoms with van der Waals surface area (Å²) in [6, 6.07) is 0.762. The lowest BCUT2D eigenvalue weighted by Crippen LogP contribution is -2.49. The van der Waals surface area contributed by atoms with Gasteiger partial charge in [-0.05, 0) is 6.42 Å². The van der Waals surface area contributed by atoms with Gasteiger partial charge in [0.2, 0.25) is 0 Å². The normalized spacial score (nSPS) is 24.0. The maximum absolute atomic E-state index is 4.47. The summed E-state index contributed by atoms with van der Waals surface area (Å²) < 4.78 is 0. The lowest BCUT2D eigenvalue weighted by atomic mass is 10.2. The molecule has 3 rings (SSSR count). The van der Waals surface area contributed by atoms with Crippen LogP contribution in [0.5, 0.6) is 0 Å². The summed E-state index contributed by atoms with van der Waals surface area (Å²) in [5.41, 5.74) is 0. The van der Waals surface area contributed by atoms with E-state index in [1.807, 2.05) is 17.5 Å². The minimum Gasteiger partial charge on any atom is -0.354 e. The Kier molecular flexibility index (Phi) is 6.25. The van der Waals surface area contributed by atoms with Gasteiger partial charge in [0.25, 0.3) is 0 Å². The van der Waals surface area contributed by atoms with Crippen LogP contribution in [0.15, 0.2) is 6.20 Å². The molecule has 2 aliphatic rings. The van der Waals surface area contributed by atoms with Crippen LogP contribution in [0.2, 0.25) is 0 Å². The van der Waals surface area contributed by atoms with Gasteiger partial charge in [0.05, 0.1) is 0 Å². The average Bonchev–Trinajstić information content (AvgIpc) is 3.10. The topological polar surface area (TPSA) is 34.6 Å². The fourth-order valence-electron chi connectivity index (χ4n) is 3.10. The van der Waals surface area contributed by atoms with Crippen LogP contribution in [0.3, 0.4) is 0 Å². The van der Waals surface area contributed by atoms with Crippen LogP contribution in [0, 0.1) is 0 Å². The maximum atomic E-state index is 4.47. The number of anilines is 1. The zero-order valence-electron chi connectivity index (χ0n) is 12.9. The molecule has 1 aromatic heterocycles. The lowest BCUT2D eigenvalue weighted by Gasteiger charge is -2.32. The van der Waals surface area contributed by atoms with E-state index in [1.54, 1.807) is 0 Å². The third-order valence-corrected chi connectivity index (χ3v) is 5.37. The van der Waals surface area contributed by atoms with Crippen molar-refractivity contribution in [2.75, 3.05) is 58.3 Å². The van der Waals surface area contributed by atoms with Gasteiger partial charge >= 0.3 is 0 Å². The van der Waals surface area contributed by atoms with Gasteiger partial charge in [0.1, 0.15) is 0 Å². The Hall–Kier alpha value is -0.400. The molecule has 1 aromatic rings. The smallest absolute Gasteiger partial charge is 0.185 e. The van der Waals surface area contributed by atoms with Gasteiger partial charge in [0.15, 0.2) is 5.13 Å². The van der Waals surface area contributed by atoms with Gasteiger partial charge in [-0.1, -0.05) is 0 Å². The highest BCUT2D eigenvalue weighted by atomic mass is 35.5. The van der Waals surface area contributed by atoms with Crippen LogP contribution >= 0.6 is 23.7 Å². The van der Waals surface area contributed by atoms with Crippen molar-refractivity contribution < 1.29 is 0 Å². The monoisotopic (exact) mass is 331 g/mol. The van der Waals surface area contributed by atoms with Crippen LogP contribution in [-0.2, 0) is 6.54 Å². The molecule has 0 bridgehead atoms. The number of hydrogen-bond acceptors (Lipinski definition) is 6. The summed E-state index contributed by atoms with van der Waals surface area (Å²) in [5, 5.41) is 4.55. The second-order valence-corrected chi connectivity index (χ2v) is 7.06. The molecule has 0 amide bonds. The number of halogens is 1. The third kappa shape index (κ3) is 4.29. The first-order valence-corrected chi connectivity index (χ1v) is 8.33. The van der Waals surface area contributed by atoms with Crippen molar-refractivity contribution in [2.45, 2.75) is 19.0 Å². The lowest BCUT2D eigenvalue weighted by molar-refractivity contribution is 0.170. The minimum absolute atomic E-state index is 0. The number of thiazole rings is 1. The SMILES string of the molecule is CN(C)c1ncc(CN2CCC(N3CCNCC3)C2)s1.Cl. The molecule has 2 aliphatic heterocycles. The van der Waals surface area contributed by atoms with E-state index >= 15 is 0 Å². The Morgan fingerprint density at radius 2 is 2.10 bits per heavy atom. The first-order valence-electron chi connectivity index (χ1n) is 7.51. The van der Waals surface area contributed by atoms with E-state index in [1.165, 1.54) is 37.5 Å². The van der Waals surface area contributed by atoms with Crippen molar-refractivity contribution in [3.8, 4) is 0 Å². The van der Waals surface area contributed by atoms with Crippen LogP contribution in [0.4, 0.5) is 5.13 Å². The van der Waals surface area contributed by atoms with E-state index in [2.05, 4.69) is 39.1 Å². The molecule has 0 radical (unpaired) electrons. The van der Waals surface area contributed by atoms with E-state index in [9.17, 15) is 0 Å². The van der Waals surface area contributed by atoms with Crippen molar-refractivity contribution in [1.29, 1.82) is 0 Å². The average molecular weight is 332 g/mol. The van der Waals surface area contributed by atoms with Gasteiger partial charge in [-0.25, -0.2) is 4.98 Å². The molecule has 0 aromatic carbocycles. The number of aromatic nitrogens is 1. The molecule has 1 unspecified atom stereocenters. The summed E-state index contributed by atoms with van der Waals surface area (Å²) >= 11 is 1.81. The van der Waals surface area contributed by atoms with Crippen LogP contribution in [0.25, 0.3) is 0 Å². The van der Waals surface area contributed by atoms with Crippen molar-refractivity contribution in [3.05, 3.63) is 11.1 Å². The van der Waals surface area contributed by atoms with E-state index < -0.39 is 0 Å². The third-order valence-electron chi connectivity index (χ3n) is 4.22. The predicted molar refractivity (Wildman–Crippen MR) is 91.8 cm³/mol. The van der Waals surface area contributed by atoms with E-state index in [-0.39, 0.29) is 12.4 Å². The summed E-state index contributed by atoms with van der Waals surface area (Å²) in [5.74, 6) is 0. The Morgan fingerprint density at radius 1 is 1.33 bits per heavy atom. The largest absolute Gasteiger partial charge is 0.354 e. The van der Waals surface area contributed by atoms with Crippen molar-refractivity contribution in [3.63, 3.8) is 0 Å². The molecule has 7 heteroatoms. The highest BCUT2D eigenvalue weighted by molar-refractivity contribution is 7.15. The first-order chi connectivity index (χ1) is 9.72. The van der Waals surface area contributed by atoms with Gasteiger partial charge in [0, 0.05) is 77.0 Å². The summed E-state index contributed by atoms with van der Waals surface area (Å²) in [4.78, 5) is 13.2.